The molecule has 0 bridgehead atoms. The van der Waals surface area contributed by atoms with Gasteiger partial charge in [0.05, 0.1) is 13.2 Å². The molecule has 2 aromatic carbocycles. The first kappa shape index (κ1) is 19.3. The summed E-state index contributed by atoms with van der Waals surface area (Å²) in [6, 6.07) is 11.0. The van der Waals surface area contributed by atoms with Crippen molar-refractivity contribution in [2.45, 2.75) is 24.9 Å². The first-order chi connectivity index (χ1) is 12.4. The number of esters is 1. The Bertz CT molecular complexity index is 744. The van der Waals surface area contributed by atoms with Crippen molar-refractivity contribution in [3.05, 3.63) is 59.7 Å². The van der Waals surface area contributed by atoms with Gasteiger partial charge in [0, 0.05) is 6.42 Å². The van der Waals surface area contributed by atoms with Crippen LogP contribution in [0.1, 0.15) is 11.1 Å². The number of hydrogen-bond acceptors (Lipinski definition) is 6. The van der Waals surface area contributed by atoms with Gasteiger partial charge < -0.3 is 26.0 Å². The van der Waals surface area contributed by atoms with E-state index in [1.807, 2.05) is 0 Å². The molecule has 138 valence electrons. The standard InChI is InChI=1S/C19H22N2O5/c1-26-19(25)17(11-13-4-8-15(23)9-5-13)21-18(24)16(20)10-12-2-6-14(22)7-3-12/h2-9,16-17,22-23H,10-11,20H2,1H3,(H,21,24). The van der Waals surface area contributed by atoms with Crippen LogP contribution in [-0.4, -0.2) is 41.3 Å². The summed E-state index contributed by atoms with van der Waals surface area (Å²) in [7, 11) is 1.24. The number of rotatable bonds is 7. The summed E-state index contributed by atoms with van der Waals surface area (Å²) in [5.41, 5.74) is 7.48. The molecule has 0 saturated heterocycles. The lowest BCUT2D eigenvalue weighted by molar-refractivity contribution is -0.145. The summed E-state index contributed by atoms with van der Waals surface area (Å²) in [6.45, 7) is 0. The van der Waals surface area contributed by atoms with Crippen molar-refractivity contribution in [1.82, 2.24) is 5.32 Å². The predicted molar refractivity (Wildman–Crippen MR) is 95.5 cm³/mol. The number of amides is 1. The summed E-state index contributed by atoms with van der Waals surface area (Å²) in [5.74, 6) is -0.815. The third-order valence-corrected chi connectivity index (χ3v) is 3.91. The minimum Gasteiger partial charge on any atom is -0.508 e. The maximum atomic E-state index is 12.4. The van der Waals surface area contributed by atoms with E-state index >= 15 is 0 Å². The molecule has 0 aliphatic heterocycles. The summed E-state index contributed by atoms with van der Waals surface area (Å²) in [6.07, 6.45) is 0.476. The topological polar surface area (TPSA) is 122 Å². The molecule has 0 radical (unpaired) electrons. The number of benzene rings is 2. The number of methoxy groups -OCH3 is 1. The normalized spacial score (nSPS) is 12.8. The molecule has 2 rings (SSSR count). The molecule has 2 aromatic rings. The van der Waals surface area contributed by atoms with E-state index in [0.29, 0.717) is 0 Å². The fourth-order valence-electron chi connectivity index (χ4n) is 2.46. The number of carbonyl (C=O) groups is 2. The van der Waals surface area contributed by atoms with E-state index in [0.717, 1.165) is 11.1 Å². The van der Waals surface area contributed by atoms with Gasteiger partial charge in [-0.25, -0.2) is 4.79 Å². The van der Waals surface area contributed by atoms with Gasteiger partial charge in [0.15, 0.2) is 0 Å². The van der Waals surface area contributed by atoms with E-state index in [-0.39, 0.29) is 24.3 Å². The van der Waals surface area contributed by atoms with Crippen LogP contribution in [0.25, 0.3) is 0 Å². The SMILES string of the molecule is COC(=O)C(Cc1ccc(O)cc1)NC(=O)C(N)Cc1ccc(O)cc1. The van der Waals surface area contributed by atoms with Gasteiger partial charge in [-0.1, -0.05) is 24.3 Å². The molecule has 0 aliphatic carbocycles. The van der Waals surface area contributed by atoms with Crippen LogP contribution in [-0.2, 0) is 27.2 Å². The summed E-state index contributed by atoms with van der Waals surface area (Å²) >= 11 is 0. The molecule has 1 amide bonds. The highest BCUT2D eigenvalue weighted by Crippen LogP contribution is 2.13. The zero-order valence-electron chi connectivity index (χ0n) is 14.4. The van der Waals surface area contributed by atoms with Crippen LogP contribution in [0, 0.1) is 0 Å². The summed E-state index contributed by atoms with van der Waals surface area (Å²) in [5, 5.41) is 21.2. The minimum absolute atomic E-state index is 0.114. The van der Waals surface area contributed by atoms with Crippen molar-refractivity contribution in [2.24, 2.45) is 5.73 Å². The maximum Gasteiger partial charge on any atom is 0.328 e. The number of nitrogens with two attached hydrogens (primary N) is 1. The van der Waals surface area contributed by atoms with Crippen LogP contribution in [0.5, 0.6) is 11.5 Å². The maximum absolute atomic E-state index is 12.4. The molecule has 2 unspecified atom stereocenters. The Balaban J connectivity index is 2.01. The largest absolute Gasteiger partial charge is 0.508 e. The number of carbonyl (C=O) groups excluding carboxylic acids is 2. The number of phenolic OH excluding ortho intramolecular Hbond substituents is 2. The number of aromatic hydroxyl groups is 2. The molecule has 0 spiro atoms. The Morgan fingerprint density at radius 1 is 0.962 bits per heavy atom. The monoisotopic (exact) mass is 358 g/mol. The molecular weight excluding hydrogens is 336 g/mol. The first-order valence-electron chi connectivity index (χ1n) is 8.08. The lowest BCUT2D eigenvalue weighted by Crippen LogP contribution is -2.50. The van der Waals surface area contributed by atoms with Crippen molar-refractivity contribution in [3.8, 4) is 11.5 Å². The first-order valence-corrected chi connectivity index (χ1v) is 8.08. The van der Waals surface area contributed by atoms with Gasteiger partial charge in [-0.2, -0.15) is 0 Å². The van der Waals surface area contributed by atoms with Gasteiger partial charge in [0.1, 0.15) is 17.5 Å². The molecule has 0 saturated carbocycles. The van der Waals surface area contributed by atoms with E-state index in [1.54, 1.807) is 24.3 Å². The van der Waals surface area contributed by atoms with Crippen molar-refractivity contribution in [3.63, 3.8) is 0 Å². The van der Waals surface area contributed by atoms with Gasteiger partial charge in [-0.3, -0.25) is 4.79 Å². The number of hydrogen-bond donors (Lipinski definition) is 4. The Hall–Kier alpha value is -3.06. The Labute approximate surface area is 151 Å². The van der Waals surface area contributed by atoms with Crippen LogP contribution in [0.4, 0.5) is 0 Å². The smallest absolute Gasteiger partial charge is 0.328 e. The van der Waals surface area contributed by atoms with E-state index in [4.69, 9.17) is 10.5 Å². The van der Waals surface area contributed by atoms with Crippen molar-refractivity contribution >= 4 is 11.9 Å². The molecular formula is C19H22N2O5. The molecule has 0 fully saturated rings. The highest BCUT2D eigenvalue weighted by molar-refractivity contribution is 5.87. The zero-order chi connectivity index (χ0) is 19.1. The van der Waals surface area contributed by atoms with Crippen molar-refractivity contribution in [2.75, 3.05) is 7.11 Å². The van der Waals surface area contributed by atoms with Gasteiger partial charge in [-0.15, -0.1) is 0 Å². The molecule has 0 aliphatic rings. The average Bonchev–Trinajstić information content (AvgIpc) is 2.64. The highest BCUT2D eigenvalue weighted by Gasteiger charge is 2.25. The average molecular weight is 358 g/mol. The van der Waals surface area contributed by atoms with Gasteiger partial charge in [0.25, 0.3) is 0 Å². The van der Waals surface area contributed by atoms with E-state index in [1.165, 1.54) is 31.4 Å². The quantitative estimate of drug-likeness (QED) is 0.545. The zero-order valence-corrected chi connectivity index (χ0v) is 14.4. The second kappa shape index (κ2) is 8.87. The number of nitrogens with one attached hydrogen (secondary N) is 1. The lowest BCUT2D eigenvalue weighted by Gasteiger charge is -2.19. The van der Waals surface area contributed by atoms with Crippen LogP contribution in [0.3, 0.4) is 0 Å². The van der Waals surface area contributed by atoms with Crippen LogP contribution >= 0.6 is 0 Å². The summed E-state index contributed by atoms with van der Waals surface area (Å²) in [4.78, 5) is 24.3. The van der Waals surface area contributed by atoms with Crippen molar-refractivity contribution in [1.29, 1.82) is 0 Å². The van der Waals surface area contributed by atoms with Crippen LogP contribution < -0.4 is 11.1 Å². The van der Waals surface area contributed by atoms with E-state index in [9.17, 15) is 19.8 Å². The molecule has 0 aromatic heterocycles. The highest BCUT2D eigenvalue weighted by atomic mass is 16.5. The molecule has 0 heterocycles. The third kappa shape index (κ3) is 5.49. The number of ether oxygens (including phenoxy) is 1. The fourth-order valence-corrected chi connectivity index (χ4v) is 2.46. The second-order valence-electron chi connectivity index (χ2n) is 5.93. The summed E-state index contributed by atoms with van der Waals surface area (Å²) < 4.78 is 4.75. The predicted octanol–water partition coefficient (Wildman–Crippen LogP) is 0.868. The third-order valence-electron chi connectivity index (χ3n) is 3.91. The fraction of sp³-hybridized carbons (Fsp3) is 0.263. The molecule has 2 atom stereocenters. The van der Waals surface area contributed by atoms with Crippen molar-refractivity contribution < 1.29 is 24.5 Å². The van der Waals surface area contributed by atoms with E-state index < -0.39 is 24.0 Å². The molecule has 5 N–H and O–H groups in total. The number of phenols is 2. The van der Waals surface area contributed by atoms with E-state index in [2.05, 4.69) is 5.32 Å². The second-order valence-corrected chi connectivity index (χ2v) is 5.93. The molecule has 7 heteroatoms. The van der Waals surface area contributed by atoms with Crippen LogP contribution in [0.2, 0.25) is 0 Å². The Kier molecular flexibility index (Phi) is 6.57. The molecule has 7 nitrogen and oxygen atoms in total. The van der Waals surface area contributed by atoms with Gasteiger partial charge >= 0.3 is 5.97 Å². The minimum atomic E-state index is -0.886. The van der Waals surface area contributed by atoms with Gasteiger partial charge in [0.2, 0.25) is 5.91 Å². The Morgan fingerprint density at radius 3 is 1.88 bits per heavy atom. The van der Waals surface area contributed by atoms with Crippen LogP contribution in [0.15, 0.2) is 48.5 Å². The Morgan fingerprint density at radius 2 is 1.42 bits per heavy atom. The van der Waals surface area contributed by atoms with Gasteiger partial charge in [-0.05, 0) is 41.8 Å². The molecule has 26 heavy (non-hydrogen) atoms. The lowest BCUT2D eigenvalue weighted by atomic mass is 10.0.